The summed E-state index contributed by atoms with van der Waals surface area (Å²) in [7, 11) is -2.70. The highest BCUT2D eigenvalue weighted by atomic mass is 35.5. The molecule has 0 saturated carbocycles. The molecule has 0 spiro atoms. The quantitative estimate of drug-likeness (QED) is 0.892. The minimum atomic E-state index is -2.70. The zero-order valence-electron chi connectivity index (χ0n) is 6.94. The number of nitrogens with zero attached hydrogens (tertiary/aromatic N) is 1. The molecule has 15 heavy (non-hydrogen) atoms. The van der Waals surface area contributed by atoms with E-state index in [9.17, 15) is 13.2 Å². The van der Waals surface area contributed by atoms with Gasteiger partial charge in [-0.25, -0.2) is 4.79 Å². The molecule has 0 saturated heterocycles. The predicted molar refractivity (Wildman–Crippen MR) is 54.4 cm³/mol. The van der Waals surface area contributed by atoms with Crippen molar-refractivity contribution >= 4 is 45.4 Å². The molecule has 0 bridgehead atoms. The number of carboxylic acids is 1. The summed E-state index contributed by atoms with van der Waals surface area (Å²) in [5.74, 6) is -1.29. The minimum absolute atomic E-state index is 0.0331. The van der Waals surface area contributed by atoms with E-state index in [1.807, 2.05) is 0 Å². The van der Waals surface area contributed by atoms with Gasteiger partial charge in [-0.3, -0.25) is 0 Å². The topological polar surface area (TPSA) is 83.8 Å². The van der Waals surface area contributed by atoms with Crippen LogP contribution in [0.1, 0.15) is 10.4 Å². The first-order chi connectivity index (χ1) is 6.91. The minimum Gasteiger partial charge on any atom is -0.478 e. The highest BCUT2D eigenvalue weighted by Gasteiger charge is 2.12. The van der Waals surface area contributed by atoms with Gasteiger partial charge >= 0.3 is 16.5 Å². The fourth-order valence-corrected chi connectivity index (χ4v) is 1.72. The summed E-state index contributed by atoms with van der Waals surface area (Å²) in [6.07, 6.45) is 0. The second-order valence-corrected chi connectivity index (χ2v) is 3.83. The Balaban J connectivity index is 3.49. The summed E-state index contributed by atoms with van der Waals surface area (Å²) in [5.41, 5.74) is -0.419. The number of carboxylic acid groups (broad SMARTS) is 1. The zero-order valence-corrected chi connectivity index (χ0v) is 9.27. The van der Waals surface area contributed by atoms with Crippen LogP contribution in [0.2, 0.25) is 10.0 Å². The lowest BCUT2D eigenvalue weighted by molar-refractivity contribution is 0.0697. The first-order valence-electron chi connectivity index (χ1n) is 3.45. The van der Waals surface area contributed by atoms with E-state index in [0.29, 0.717) is 0 Å². The highest BCUT2D eigenvalue weighted by molar-refractivity contribution is 7.61. The first kappa shape index (κ1) is 12.0. The van der Waals surface area contributed by atoms with E-state index in [1.54, 1.807) is 0 Å². The molecular weight excluding hydrogens is 265 g/mol. The Morgan fingerprint density at radius 2 is 1.87 bits per heavy atom. The summed E-state index contributed by atoms with van der Waals surface area (Å²) in [6, 6.07) is 2.11. The summed E-state index contributed by atoms with van der Waals surface area (Å²) in [5, 5.41) is 8.58. The molecule has 0 amide bonds. The molecule has 1 aromatic rings. The van der Waals surface area contributed by atoms with E-state index < -0.39 is 16.5 Å². The molecule has 5 nitrogen and oxygen atoms in total. The molecule has 1 aromatic carbocycles. The lowest BCUT2D eigenvalue weighted by Crippen LogP contribution is -1.96. The third kappa shape index (κ3) is 2.92. The van der Waals surface area contributed by atoms with Gasteiger partial charge in [0.15, 0.2) is 0 Å². The van der Waals surface area contributed by atoms with Crippen LogP contribution < -0.4 is 0 Å². The molecule has 0 radical (unpaired) electrons. The third-order valence-corrected chi connectivity index (χ3v) is 2.40. The number of halogens is 2. The summed E-state index contributed by atoms with van der Waals surface area (Å²) < 4.78 is 23.7. The van der Waals surface area contributed by atoms with Crippen molar-refractivity contribution in [3.8, 4) is 0 Å². The standard InChI is InChI=1S/C7H3Cl2NO4S/c8-4-2-5(9)6(10-15(13)14)1-3(4)7(11)12/h1-2H,(H,11,12). The van der Waals surface area contributed by atoms with Crippen molar-refractivity contribution in [3.63, 3.8) is 0 Å². The summed E-state index contributed by atoms with van der Waals surface area (Å²) in [4.78, 5) is 10.6. The Kier molecular flexibility index (Phi) is 3.67. The van der Waals surface area contributed by atoms with Gasteiger partial charge in [0, 0.05) is 0 Å². The van der Waals surface area contributed by atoms with Crippen LogP contribution in [0.25, 0.3) is 0 Å². The number of benzene rings is 1. The molecule has 0 aliphatic heterocycles. The lowest BCUT2D eigenvalue weighted by atomic mass is 10.2. The lowest BCUT2D eigenvalue weighted by Gasteiger charge is -2.01. The second kappa shape index (κ2) is 4.61. The molecule has 0 unspecified atom stereocenters. The molecule has 0 heterocycles. The van der Waals surface area contributed by atoms with Crippen molar-refractivity contribution in [2.24, 2.45) is 4.36 Å². The molecule has 80 valence electrons. The number of hydrogen-bond donors (Lipinski definition) is 1. The number of rotatable bonds is 2. The van der Waals surface area contributed by atoms with Gasteiger partial charge in [-0.15, -0.1) is 4.36 Å². The maximum atomic E-state index is 10.6. The normalized spacial score (nSPS) is 9.73. The largest absolute Gasteiger partial charge is 0.478 e. The monoisotopic (exact) mass is 267 g/mol. The molecular formula is C7H3Cl2NO4S. The van der Waals surface area contributed by atoms with Crippen LogP contribution in [-0.4, -0.2) is 19.5 Å². The van der Waals surface area contributed by atoms with E-state index >= 15 is 0 Å². The van der Waals surface area contributed by atoms with E-state index in [2.05, 4.69) is 4.36 Å². The van der Waals surface area contributed by atoms with Crippen LogP contribution in [0.3, 0.4) is 0 Å². The molecule has 0 aliphatic carbocycles. The van der Waals surface area contributed by atoms with E-state index in [4.69, 9.17) is 28.3 Å². The Morgan fingerprint density at radius 1 is 1.27 bits per heavy atom. The van der Waals surface area contributed by atoms with Gasteiger partial charge in [0.25, 0.3) is 0 Å². The van der Waals surface area contributed by atoms with E-state index in [0.717, 1.165) is 12.1 Å². The molecule has 0 atom stereocenters. The Labute approximate surface area is 96.0 Å². The Morgan fingerprint density at radius 3 is 2.33 bits per heavy atom. The fourth-order valence-electron chi connectivity index (χ4n) is 0.852. The van der Waals surface area contributed by atoms with Crippen LogP contribution in [0.15, 0.2) is 16.5 Å². The van der Waals surface area contributed by atoms with Gasteiger partial charge in [-0.05, 0) is 12.1 Å². The summed E-state index contributed by atoms with van der Waals surface area (Å²) >= 11 is 11.2. The Bertz CT molecular complexity index is 544. The first-order valence-corrected chi connectivity index (χ1v) is 5.24. The molecule has 1 rings (SSSR count). The number of carbonyl (C=O) groups is 1. The van der Waals surface area contributed by atoms with E-state index in [-0.39, 0.29) is 21.3 Å². The number of aromatic carboxylic acids is 1. The zero-order chi connectivity index (χ0) is 11.6. The van der Waals surface area contributed by atoms with Crippen molar-refractivity contribution in [1.82, 2.24) is 0 Å². The van der Waals surface area contributed by atoms with Gasteiger partial charge in [0.1, 0.15) is 5.69 Å². The Hall–Kier alpha value is -1.11. The SMILES string of the molecule is O=C(O)c1cc(N=S(=O)=O)c(Cl)cc1Cl. The highest BCUT2D eigenvalue weighted by Crippen LogP contribution is 2.31. The molecule has 1 N–H and O–H groups in total. The predicted octanol–water partition coefficient (Wildman–Crippen LogP) is 2.39. The maximum Gasteiger partial charge on any atom is 0.337 e. The molecule has 0 fully saturated rings. The van der Waals surface area contributed by atoms with Gasteiger partial charge in [-0.2, -0.15) is 8.42 Å². The van der Waals surface area contributed by atoms with Crippen molar-refractivity contribution in [2.75, 3.05) is 0 Å². The maximum absolute atomic E-state index is 10.6. The fraction of sp³-hybridized carbons (Fsp3) is 0. The van der Waals surface area contributed by atoms with Gasteiger partial charge in [-0.1, -0.05) is 23.2 Å². The van der Waals surface area contributed by atoms with Crippen LogP contribution in [-0.2, 0) is 10.5 Å². The van der Waals surface area contributed by atoms with Crippen molar-refractivity contribution in [3.05, 3.63) is 27.7 Å². The van der Waals surface area contributed by atoms with Gasteiger partial charge in [0.2, 0.25) is 0 Å². The molecule has 8 heteroatoms. The summed E-state index contributed by atoms with van der Waals surface area (Å²) in [6.45, 7) is 0. The van der Waals surface area contributed by atoms with Crippen LogP contribution in [0.5, 0.6) is 0 Å². The molecule has 0 aliphatic rings. The second-order valence-electron chi connectivity index (χ2n) is 2.40. The van der Waals surface area contributed by atoms with Gasteiger partial charge in [0.05, 0.1) is 15.6 Å². The van der Waals surface area contributed by atoms with Crippen LogP contribution >= 0.6 is 23.2 Å². The van der Waals surface area contributed by atoms with Crippen LogP contribution in [0, 0.1) is 0 Å². The molecule has 0 aromatic heterocycles. The van der Waals surface area contributed by atoms with Crippen molar-refractivity contribution < 1.29 is 18.3 Å². The number of hydrogen-bond acceptors (Lipinski definition) is 4. The van der Waals surface area contributed by atoms with Crippen molar-refractivity contribution in [1.29, 1.82) is 0 Å². The van der Waals surface area contributed by atoms with Crippen LogP contribution in [0.4, 0.5) is 5.69 Å². The average Bonchev–Trinajstić information content (AvgIpc) is 2.08. The van der Waals surface area contributed by atoms with Crippen molar-refractivity contribution in [2.45, 2.75) is 0 Å². The van der Waals surface area contributed by atoms with E-state index in [1.165, 1.54) is 0 Å². The average molecular weight is 268 g/mol. The third-order valence-electron chi connectivity index (χ3n) is 1.44. The smallest absolute Gasteiger partial charge is 0.337 e. The van der Waals surface area contributed by atoms with Gasteiger partial charge < -0.3 is 5.11 Å².